The third-order valence-corrected chi connectivity index (χ3v) is 4.84. The average molecular weight is 464 g/mol. The van der Waals surface area contributed by atoms with Crippen molar-refractivity contribution in [1.29, 1.82) is 0 Å². The molecule has 4 rings (SSSR count). The van der Waals surface area contributed by atoms with E-state index in [2.05, 4.69) is 15.5 Å². The highest BCUT2D eigenvalue weighted by Crippen LogP contribution is 2.23. The Bertz CT molecular complexity index is 1260. The van der Waals surface area contributed by atoms with Crippen molar-refractivity contribution < 1.29 is 23.5 Å². The molecule has 8 nitrogen and oxygen atoms in total. The van der Waals surface area contributed by atoms with Crippen LogP contribution in [0.5, 0.6) is 5.75 Å². The van der Waals surface area contributed by atoms with Gasteiger partial charge >= 0.3 is 12.0 Å². The largest absolute Gasteiger partial charge is 0.488 e. The number of amides is 1. The Balaban J connectivity index is 1.33. The number of ether oxygens (including phenoxy) is 2. The Labute approximate surface area is 194 Å². The first-order valence-electron chi connectivity index (χ1n) is 9.91. The molecule has 0 radical (unpaired) electrons. The fourth-order valence-electron chi connectivity index (χ4n) is 2.87. The molecule has 0 fully saturated rings. The summed E-state index contributed by atoms with van der Waals surface area (Å²) in [6.45, 7) is -0.369. The van der Waals surface area contributed by atoms with Crippen LogP contribution in [0, 0.1) is 0 Å². The maximum Gasteiger partial charge on any atom is 0.342 e. The number of esters is 1. The fourth-order valence-corrected chi connectivity index (χ4v) is 3.06. The normalized spacial score (nSPS) is 10.5. The zero-order chi connectivity index (χ0) is 23.0. The van der Waals surface area contributed by atoms with Gasteiger partial charge < -0.3 is 13.9 Å². The van der Waals surface area contributed by atoms with Gasteiger partial charge in [-0.2, -0.15) is 0 Å². The molecule has 33 heavy (non-hydrogen) atoms. The Hall–Kier alpha value is -4.17. The average Bonchev–Trinajstić information content (AvgIpc) is 3.31. The third-order valence-electron chi connectivity index (χ3n) is 4.47. The highest BCUT2D eigenvalue weighted by molar-refractivity contribution is 6.31. The standard InChI is InChI=1S/C24H18ClN3O5/c25-19-12-6-4-10-17(19)14-31-20-13-7-5-11-18(20)23(30)32-15-21(29)26-24-28-27-22(33-24)16-8-2-1-3-9-16/h1-13H,14-15H2,(H,26,28,29). The van der Waals surface area contributed by atoms with Gasteiger partial charge in [-0.1, -0.05) is 65.2 Å². The van der Waals surface area contributed by atoms with Crippen molar-refractivity contribution >= 4 is 29.5 Å². The smallest absolute Gasteiger partial charge is 0.342 e. The molecule has 1 aromatic heterocycles. The fraction of sp³-hybridized carbons (Fsp3) is 0.0833. The zero-order valence-electron chi connectivity index (χ0n) is 17.2. The number of halogens is 1. The molecule has 0 aliphatic rings. The van der Waals surface area contributed by atoms with Gasteiger partial charge in [0.1, 0.15) is 17.9 Å². The maximum absolute atomic E-state index is 12.5. The SMILES string of the molecule is O=C(COC(=O)c1ccccc1OCc1ccccc1Cl)Nc1nnc(-c2ccccc2)o1. The lowest BCUT2D eigenvalue weighted by molar-refractivity contribution is -0.119. The van der Waals surface area contributed by atoms with E-state index in [4.69, 9.17) is 25.5 Å². The molecule has 9 heteroatoms. The maximum atomic E-state index is 12.5. The number of carbonyl (C=O) groups is 2. The molecular formula is C24H18ClN3O5. The van der Waals surface area contributed by atoms with Crippen molar-refractivity contribution in [2.75, 3.05) is 11.9 Å². The van der Waals surface area contributed by atoms with Crippen LogP contribution in [0.4, 0.5) is 6.01 Å². The minimum absolute atomic E-state index is 0.0987. The number of anilines is 1. The minimum Gasteiger partial charge on any atom is -0.488 e. The van der Waals surface area contributed by atoms with Gasteiger partial charge in [0.05, 0.1) is 0 Å². The molecular weight excluding hydrogens is 446 g/mol. The molecule has 4 aromatic rings. The number of para-hydroxylation sites is 1. The van der Waals surface area contributed by atoms with E-state index in [9.17, 15) is 9.59 Å². The molecule has 0 atom stereocenters. The monoisotopic (exact) mass is 463 g/mol. The van der Waals surface area contributed by atoms with Crippen molar-refractivity contribution in [2.45, 2.75) is 6.61 Å². The Morgan fingerprint density at radius 2 is 1.64 bits per heavy atom. The van der Waals surface area contributed by atoms with Gasteiger partial charge in [-0.3, -0.25) is 10.1 Å². The van der Waals surface area contributed by atoms with Crippen molar-refractivity contribution in [2.24, 2.45) is 0 Å². The molecule has 1 N–H and O–H groups in total. The molecule has 1 amide bonds. The van der Waals surface area contributed by atoms with E-state index < -0.39 is 18.5 Å². The molecule has 0 saturated carbocycles. The van der Waals surface area contributed by atoms with E-state index in [0.29, 0.717) is 16.3 Å². The van der Waals surface area contributed by atoms with Crippen LogP contribution in [0.15, 0.2) is 83.3 Å². The molecule has 0 saturated heterocycles. The first kappa shape index (κ1) is 22.0. The van der Waals surface area contributed by atoms with Gasteiger partial charge in [-0.05, 0) is 30.3 Å². The van der Waals surface area contributed by atoms with Gasteiger partial charge in [-0.15, -0.1) is 5.10 Å². The lowest BCUT2D eigenvalue weighted by Gasteiger charge is -2.12. The quantitative estimate of drug-likeness (QED) is 0.375. The summed E-state index contributed by atoms with van der Waals surface area (Å²) in [4.78, 5) is 24.7. The van der Waals surface area contributed by atoms with Gasteiger partial charge in [-0.25, -0.2) is 4.79 Å². The number of carbonyl (C=O) groups excluding carboxylic acids is 2. The summed E-state index contributed by atoms with van der Waals surface area (Å²) < 4.78 is 16.3. The highest BCUT2D eigenvalue weighted by Gasteiger charge is 2.17. The van der Waals surface area contributed by atoms with Crippen molar-refractivity contribution in [3.63, 3.8) is 0 Å². The predicted molar refractivity (Wildman–Crippen MR) is 121 cm³/mol. The van der Waals surface area contributed by atoms with E-state index in [-0.39, 0.29) is 24.1 Å². The summed E-state index contributed by atoms with van der Waals surface area (Å²) in [5, 5.41) is 10.6. The molecule has 3 aromatic carbocycles. The highest BCUT2D eigenvalue weighted by atomic mass is 35.5. The molecule has 166 valence electrons. The van der Waals surface area contributed by atoms with Gasteiger partial charge in [0, 0.05) is 16.1 Å². The van der Waals surface area contributed by atoms with E-state index >= 15 is 0 Å². The van der Waals surface area contributed by atoms with Crippen LogP contribution in [-0.2, 0) is 16.1 Å². The molecule has 0 unspecified atom stereocenters. The Morgan fingerprint density at radius 1 is 0.909 bits per heavy atom. The van der Waals surface area contributed by atoms with Crippen molar-refractivity contribution in [3.8, 4) is 17.2 Å². The van der Waals surface area contributed by atoms with Gasteiger partial charge in [0.25, 0.3) is 5.91 Å². The second-order valence-corrected chi connectivity index (χ2v) is 7.19. The number of nitrogens with zero attached hydrogens (tertiary/aromatic N) is 2. The Kier molecular flexibility index (Phi) is 6.96. The molecule has 0 aliphatic carbocycles. The summed E-state index contributed by atoms with van der Waals surface area (Å²) in [7, 11) is 0. The van der Waals surface area contributed by atoms with E-state index in [1.807, 2.05) is 36.4 Å². The number of benzene rings is 3. The van der Waals surface area contributed by atoms with Crippen molar-refractivity contribution in [3.05, 3.63) is 95.0 Å². The third kappa shape index (κ3) is 5.75. The number of rotatable bonds is 8. The number of aromatic nitrogens is 2. The molecule has 1 heterocycles. The second kappa shape index (κ2) is 10.4. The number of hydrogen-bond donors (Lipinski definition) is 1. The van der Waals surface area contributed by atoms with Crippen molar-refractivity contribution in [1.82, 2.24) is 10.2 Å². The lowest BCUT2D eigenvalue weighted by Crippen LogP contribution is -2.21. The summed E-state index contributed by atoms with van der Waals surface area (Å²) >= 11 is 6.15. The summed E-state index contributed by atoms with van der Waals surface area (Å²) in [5.41, 5.74) is 1.67. The van der Waals surface area contributed by atoms with Gasteiger partial charge in [0.15, 0.2) is 6.61 Å². The molecule has 0 bridgehead atoms. The predicted octanol–water partition coefficient (Wildman–Crippen LogP) is 4.76. The van der Waals surface area contributed by atoms with Crippen LogP contribution >= 0.6 is 11.6 Å². The molecule has 0 spiro atoms. The zero-order valence-corrected chi connectivity index (χ0v) is 18.0. The first-order valence-corrected chi connectivity index (χ1v) is 10.3. The van der Waals surface area contributed by atoms with E-state index in [1.54, 1.807) is 42.5 Å². The summed E-state index contributed by atoms with van der Waals surface area (Å²) in [5.74, 6) is -0.767. The topological polar surface area (TPSA) is 104 Å². The van der Waals surface area contributed by atoms with Crippen LogP contribution in [0.3, 0.4) is 0 Å². The van der Waals surface area contributed by atoms with Crippen LogP contribution in [0.25, 0.3) is 11.5 Å². The second-order valence-electron chi connectivity index (χ2n) is 6.78. The van der Waals surface area contributed by atoms with Crippen LogP contribution < -0.4 is 10.1 Å². The van der Waals surface area contributed by atoms with E-state index in [0.717, 1.165) is 5.56 Å². The summed E-state index contributed by atoms with van der Waals surface area (Å²) in [6.07, 6.45) is 0. The lowest BCUT2D eigenvalue weighted by atomic mass is 10.2. The molecule has 0 aliphatic heterocycles. The number of nitrogens with one attached hydrogen (secondary N) is 1. The Morgan fingerprint density at radius 3 is 2.45 bits per heavy atom. The number of hydrogen-bond acceptors (Lipinski definition) is 7. The summed E-state index contributed by atoms with van der Waals surface area (Å²) in [6, 6.07) is 22.8. The van der Waals surface area contributed by atoms with Crippen LogP contribution in [0.2, 0.25) is 5.02 Å². The van der Waals surface area contributed by atoms with Crippen LogP contribution in [-0.4, -0.2) is 28.7 Å². The first-order chi connectivity index (χ1) is 16.1. The van der Waals surface area contributed by atoms with E-state index in [1.165, 1.54) is 0 Å². The minimum atomic E-state index is -0.713. The van der Waals surface area contributed by atoms with Crippen LogP contribution in [0.1, 0.15) is 15.9 Å². The van der Waals surface area contributed by atoms with Gasteiger partial charge in [0.2, 0.25) is 5.89 Å².